The van der Waals surface area contributed by atoms with Gasteiger partial charge in [0, 0.05) is 18.1 Å². The Morgan fingerprint density at radius 2 is 1.87 bits per heavy atom. The Labute approximate surface area is 94.2 Å². The van der Waals surface area contributed by atoms with Crippen LogP contribution in [0.15, 0.2) is 0 Å². The summed E-state index contributed by atoms with van der Waals surface area (Å²) in [4.78, 5) is 2.65. The first-order chi connectivity index (χ1) is 7.20. The molecule has 0 bridgehead atoms. The second kappa shape index (κ2) is 4.42. The van der Waals surface area contributed by atoms with Crippen molar-refractivity contribution in [1.82, 2.24) is 4.90 Å². The molecule has 2 fully saturated rings. The predicted molar refractivity (Wildman–Crippen MR) is 64.8 cm³/mol. The molecule has 0 aromatic rings. The highest BCUT2D eigenvalue weighted by atomic mass is 15.2. The summed E-state index contributed by atoms with van der Waals surface area (Å²) in [5.41, 5.74) is 6.41. The summed E-state index contributed by atoms with van der Waals surface area (Å²) in [6, 6.07) is 0.814. The van der Waals surface area contributed by atoms with Crippen LogP contribution in [-0.4, -0.2) is 30.1 Å². The van der Waals surface area contributed by atoms with Crippen LogP contribution >= 0.6 is 0 Å². The van der Waals surface area contributed by atoms with E-state index in [-0.39, 0.29) is 0 Å². The molecule has 88 valence electrons. The van der Waals surface area contributed by atoms with Gasteiger partial charge in [-0.2, -0.15) is 0 Å². The van der Waals surface area contributed by atoms with E-state index < -0.39 is 0 Å². The molecule has 0 aliphatic heterocycles. The first kappa shape index (κ1) is 11.4. The van der Waals surface area contributed by atoms with Gasteiger partial charge >= 0.3 is 0 Å². The Morgan fingerprint density at radius 3 is 2.33 bits per heavy atom. The van der Waals surface area contributed by atoms with Gasteiger partial charge in [0.05, 0.1) is 0 Å². The molecule has 0 aromatic heterocycles. The monoisotopic (exact) mass is 210 g/mol. The summed E-state index contributed by atoms with van der Waals surface area (Å²) in [6.45, 7) is 3.24. The lowest BCUT2D eigenvalue weighted by Gasteiger charge is -2.45. The molecule has 2 N–H and O–H groups in total. The summed E-state index contributed by atoms with van der Waals surface area (Å²) in [6.07, 6.45) is 9.69. The molecule has 0 saturated heterocycles. The van der Waals surface area contributed by atoms with Gasteiger partial charge in [-0.1, -0.05) is 26.2 Å². The second-order valence-corrected chi connectivity index (χ2v) is 5.65. The molecule has 2 heteroatoms. The molecule has 2 rings (SSSR count). The molecule has 15 heavy (non-hydrogen) atoms. The largest absolute Gasteiger partial charge is 0.329 e. The topological polar surface area (TPSA) is 29.3 Å². The SMILES string of the molecule is CC1CCCC1(CN)N(C)C1CCCC1. The fourth-order valence-corrected chi connectivity index (χ4v) is 3.86. The van der Waals surface area contributed by atoms with E-state index in [4.69, 9.17) is 5.73 Å². The van der Waals surface area contributed by atoms with Crippen LogP contribution in [0.4, 0.5) is 0 Å². The van der Waals surface area contributed by atoms with Crippen molar-refractivity contribution in [3.8, 4) is 0 Å². The van der Waals surface area contributed by atoms with Crippen molar-refractivity contribution in [2.75, 3.05) is 13.6 Å². The fourth-order valence-electron chi connectivity index (χ4n) is 3.86. The molecule has 0 aromatic carbocycles. The lowest BCUT2D eigenvalue weighted by Crippen LogP contribution is -2.57. The quantitative estimate of drug-likeness (QED) is 0.775. The van der Waals surface area contributed by atoms with Gasteiger partial charge in [0.25, 0.3) is 0 Å². The van der Waals surface area contributed by atoms with Crippen molar-refractivity contribution in [1.29, 1.82) is 0 Å². The lowest BCUT2D eigenvalue weighted by atomic mass is 9.85. The molecular formula is C13H26N2. The number of hydrogen-bond acceptors (Lipinski definition) is 2. The van der Waals surface area contributed by atoms with Crippen molar-refractivity contribution in [2.45, 2.75) is 63.5 Å². The van der Waals surface area contributed by atoms with Gasteiger partial charge < -0.3 is 5.73 Å². The smallest absolute Gasteiger partial charge is 0.0357 e. The minimum absolute atomic E-state index is 0.328. The van der Waals surface area contributed by atoms with Gasteiger partial charge in [-0.15, -0.1) is 0 Å². The maximum absolute atomic E-state index is 6.09. The predicted octanol–water partition coefficient (Wildman–Crippen LogP) is 2.38. The lowest BCUT2D eigenvalue weighted by molar-refractivity contribution is 0.0514. The number of hydrogen-bond donors (Lipinski definition) is 1. The van der Waals surface area contributed by atoms with E-state index in [9.17, 15) is 0 Å². The van der Waals surface area contributed by atoms with Crippen molar-refractivity contribution in [2.24, 2.45) is 11.7 Å². The van der Waals surface area contributed by atoms with Gasteiger partial charge in [-0.3, -0.25) is 4.90 Å². The third-order valence-electron chi connectivity index (χ3n) is 5.09. The van der Waals surface area contributed by atoms with Crippen LogP contribution in [0.1, 0.15) is 51.9 Å². The summed E-state index contributed by atoms with van der Waals surface area (Å²) < 4.78 is 0. The summed E-state index contributed by atoms with van der Waals surface area (Å²) in [7, 11) is 2.32. The Kier molecular flexibility index (Phi) is 3.36. The molecule has 2 nitrogen and oxygen atoms in total. The van der Waals surface area contributed by atoms with E-state index in [1.54, 1.807) is 0 Å². The summed E-state index contributed by atoms with van der Waals surface area (Å²) in [5.74, 6) is 0.785. The molecule has 0 amide bonds. The molecule has 0 spiro atoms. The molecular weight excluding hydrogens is 184 g/mol. The van der Waals surface area contributed by atoms with Crippen LogP contribution < -0.4 is 5.73 Å². The van der Waals surface area contributed by atoms with Crippen LogP contribution in [0.5, 0.6) is 0 Å². The van der Waals surface area contributed by atoms with Gasteiger partial charge in [0.2, 0.25) is 0 Å². The second-order valence-electron chi connectivity index (χ2n) is 5.65. The number of nitrogens with zero attached hydrogens (tertiary/aromatic N) is 1. The fraction of sp³-hybridized carbons (Fsp3) is 1.00. The highest BCUT2D eigenvalue weighted by Crippen LogP contribution is 2.41. The number of rotatable bonds is 3. The number of likely N-dealkylation sites (N-methyl/N-ethyl adjacent to an activating group) is 1. The highest BCUT2D eigenvalue weighted by Gasteiger charge is 2.44. The van der Waals surface area contributed by atoms with Crippen LogP contribution in [0.25, 0.3) is 0 Å². The first-order valence-corrected chi connectivity index (χ1v) is 6.64. The Morgan fingerprint density at radius 1 is 1.20 bits per heavy atom. The average molecular weight is 210 g/mol. The van der Waals surface area contributed by atoms with Gasteiger partial charge in [0.1, 0.15) is 0 Å². The van der Waals surface area contributed by atoms with Crippen molar-refractivity contribution < 1.29 is 0 Å². The van der Waals surface area contributed by atoms with Gasteiger partial charge in [-0.05, 0) is 38.6 Å². The molecule has 0 heterocycles. The van der Waals surface area contributed by atoms with E-state index in [2.05, 4.69) is 18.9 Å². The molecule has 2 unspecified atom stereocenters. The zero-order chi connectivity index (χ0) is 10.9. The normalized spacial score (nSPS) is 38.0. The maximum atomic E-state index is 6.09. The molecule has 2 aliphatic carbocycles. The third kappa shape index (κ3) is 1.83. The van der Waals surface area contributed by atoms with Crippen molar-refractivity contribution in [3.05, 3.63) is 0 Å². The molecule has 2 atom stereocenters. The summed E-state index contributed by atoms with van der Waals surface area (Å²) >= 11 is 0. The van der Waals surface area contributed by atoms with Gasteiger partial charge in [-0.25, -0.2) is 0 Å². The van der Waals surface area contributed by atoms with Crippen LogP contribution in [-0.2, 0) is 0 Å². The maximum Gasteiger partial charge on any atom is 0.0357 e. The Bertz CT molecular complexity index is 211. The average Bonchev–Trinajstić information content (AvgIpc) is 2.86. The Hall–Kier alpha value is -0.0800. The minimum atomic E-state index is 0.328. The minimum Gasteiger partial charge on any atom is -0.329 e. The number of nitrogens with two attached hydrogens (primary N) is 1. The van der Waals surface area contributed by atoms with Gasteiger partial charge in [0.15, 0.2) is 0 Å². The van der Waals surface area contributed by atoms with E-state index in [0.29, 0.717) is 5.54 Å². The molecule has 2 aliphatic rings. The zero-order valence-corrected chi connectivity index (χ0v) is 10.3. The van der Waals surface area contributed by atoms with Crippen LogP contribution in [0.3, 0.4) is 0 Å². The third-order valence-corrected chi connectivity index (χ3v) is 5.09. The van der Waals surface area contributed by atoms with E-state index >= 15 is 0 Å². The molecule has 2 saturated carbocycles. The summed E-state index contributed by atoms with van der Waals surface area (Å²) in [5, 5.41) is 0. The standard InChI is InChI=1S/C13H26N2/c1-11-6-5-9-13(11,10-14)15(2)12-7-3-4-8-12/h11-12H,3-10,14H2,1-2H3. The van der Waals surface area contributed by atoms with Crippen LogP contribution in [0.2, 0.25) is 0 Å². The zero-order valence-electron chi connectivity index (χ0n) is 10.3. The van der Waals surface area contributed by atoms with Crippen LogP contribution in [0, 0.1) is 5.92 Å². The Balaban J connectivity index is 2.10. The van der Waals surface area contributed by atoms with E-state index in [1.165, 1.54) is 44.9 Å². The van der Waals surface area contributed by atoms with Crippen molar-refractivity contribution >= 4 is 0 Å². The first-order valence-electron chi connectivity index (χ1n) is 6.64. The van der Waals surface area contributed by atoms with E-state index in [0.717, 1.165) is 18.5 Å². The van der Waals surface area contributed by atoms with Crippen molar-refractivity contribution in [3.63, 3.8) is 0 Å². The highest BCUT2D eigenvalue weighted by molar-refractivity contribution is 5.01. The molecule has 0 radical (unpaired) electrons. The van der Waals surface area contributed by atoms with E-state index in [1.807, 2.05) is 0 Å².